The predicted octanol–water partition coefficient (Wildman–Crippen LogP) is 4.19. The van der Waals surface area contributed by atoms with Crippen molar-refractivity contribution in [1.29, 1.82) is 0 Å². The first-order valence-corrected chi connectivity index (χ1v) is 11.5. The Balaban J connectivity index is 1.82. The van der Waals surface area contributed by atoms with E-state index in [0.717, 1.165) is 31.4 Å². The van der Waals surface area contributed by atoms with Crippen molar-refractivity contribution in [1.82, 2.24) is 4.72 Å². The van der Waals surface area contributed by atoms with Crippen molar-refractivity contribution in [3.8, 4) is 5.75 Å². The molecule has 0 aromatic heterocycles. The first-order chi connectivity index (χ1) is 14.2. The lowest BCUT2D eigenvalue weighted by Gasteiger charge is -2.34. The predicted molar refractivity (Wildman–Crippen MR) is 114 cm³/mol. The van der Waals surface area contributed by atoms with Gasteiger partial charge in [0.15, 0.2) is 0 Å². The fourth-order valence-electron chi connectivity index (χ4n) is 3.76. The zero-order valence-electron chi connectivity index (χ0n) is 17.3. The first-order valence-electron chi connectivity index (χ1n) is 9.98. The van der Waals surface area contributed by atoms with Gasteiger partial charge in [-0.1, -0.05) is 32.8 Å². The fourth-order valence-corrected chi connectivity index (χ4v) is 5.15. The molecule has 3 atom stereocenters. The van der Waals surface area contributed by atoms with Gasteiger partial charge in [0.2, 0.25) is 10.0 Å². The molecule has 1 amide bonds. The van der Waals surface area contributed by atoms with Crippen LogP contribution in [0.1, 0.15) is 43.5 Å². The quantitative estimate of drug-likeness (QED) is 0.714. The van der Waals surface area contributed by atoms with Crippen LogP contribution < -0.4 is 14.8 Å². The minimum absolute atomic E-state index is 0.134. The van der Waals surface area contributed by atoms with Crippen LogP contribution in [0, 0.1) is 17.7 Å². The largest absolute Gasteiger partial charge is 0.497 e. The van der Waals surface area contributed by atoms with Crippen molar-refractivity contribution in [2.75, 3.05) is 12.4 Å². The third kappa shape index (κ3) is 4.99. The molecule has 0 spiro atoms. The molecule has 3 rings (SSSR count). The molecule has 0 heterocycles. The van der Waals surface area contributed by atoms with E-state index in [1.54, 1.807) is 24.3 Å². The van der Waals surface area contributed by atoms with Gasteiger partial charge in [-0.2, -0.15) is 0 Å². The van der Waals surface area contributed by atoms with Gasteiger partial charge in [-0.05, 0) is 48.6 Å². The van der Waals surface area contributed by atoms with E-state index in [4.69, 9.17) is 4.74 Å². The molecule has 0 bridgehead atoms. The Morgan fingerprint density at radius 1 is 1.13 bits per heavy atom. The van der Waals surface area contributed by atoms with E-state index in [9.17, 15) is 17.6 Å². The van der Waals surface area contributed by atoms with E-state index in [0.29, 0.717) is 17.4 Å². The van der Waals surface area contributed by atoms with Gasteiger partial charge < -0.3 is 10.1 Å². The Hall–Kier alpha value is -2.45. The highest BCUT2D eigenvalue weighted by Crippen LogP contribution is 2.30. The van der Waals surface area contributed by atoms with Crippen molar-refractivity contribution in [2.24, 2.45) is 11.8 Å². The van der Waals surface area contributed by atoms with Crippen LogP contribution in [0.3, 0.4) is 0 Å². The molecule has 6 nitrogen and oxygen atoms in total. The van der Waals surface area contributed by atoms with Gasteiger partial charge in [0.25, 0.3) is 5.91 Å². The Morgan fingerprint density at radius 2 is 1.90 bits per heavy atom. The molecule has 1 aliphatic carbocycles. The lowest BCUT2D eigenvalue weighted by Crippen LogP contribution is -2.43. The highest BCUT2D eigenvalue weighted by molar-refractivity contribution is 7.89. The average Bonchev–Trinajstić information content (AvgIpc) is 2.71. The van der Waals surface area contributed by atoms with Crippen molar-refractivity contribution in [3.63, 3.8) is 0 Å². The van der Waals surface area contributed by atoms with Crippen LogP contribution in [0.25, 0.3) is 0 Å². The highest BCUT2D eigenvalue weighted by Gasteiger charge is 2.31. The van der Waals surface area contributed by atoms with Gasteiger partial charge in [0.1, 0.15) is 11.6 Å². The molecule has 8 heteroatoms. The van der Waals surface area contributed by atoms with Crippen molar-refractivity contribution >= 4 is 21.6 Å². The maximum atomic E-state index is 14.3. The second-order valence-electron chi connectivity index (χ2n) is 7.82. The van der Waals surface area contributed by atoms with E-state index < -0.39 is 21.7 Å². The maximum Gasteiger partial charge on any atom is 0.258 e. The number of halogens is 1. The van der Waals surface area contributed by atoms with Crippen LogP contribution in [-0.4, -0.2) is 27.5 Å². The van der Waals surface area contributed by atoms with Gasteiger partial charge in [-0.3, -0.25) is 4.79 Å². The molecule has 0 radical (unpaired) electrons. The van der Waals surface area contributed by atoms with Crippen molar-refractivity contribution in [3.05, 3.63) is 53.8 Å². The molecule has 2 aromatic rings. The van der Waals surface area contributed by atoms with Crippen LogP contribution in [0.2, 0.25) is 0 Å². The Labute approximate surface area is 176 Å². The molecule has 0 saturated heterocycles. The number of anilines is 1. The average molecular weight is 435 g/mol. The van der Waals surface area contributed by atoms with Crippen LogP contribution in [-0.2, 0) is 10.0 Å². The van der Waals surface area contributed by atoms with Gasteiger partial charge in [-0.15, -0.1) is 0 Å². The summed E-state index contributed by atoms with van der Waals surface area (Å²) in [5.74, 6) is -0.384. The number of ether oxygens (including phenoxy) is 1. The number of rotatable bonds is 6. The zero-order chi connectivity index (χ0) is 21.9. The van der Waals surface area contributed by atoms with Crippen LogP contribution in [0.4, 0.5) is 10.1 Å². The summed E-state index contributed by atoms with van der Waals surface area (Å²) in [5.41, 5.74) is 0.0703. The summed E-state index contributed by atoms with van der Waals surface area (Å²) < 4.78 is 48.0. The third-order valence-electron chi connectivity index (χ3n) is 5.83. The molecule has 2 aromatic carbocycles. The Morgan fingerprint density at radius 3 is 2.63 bits per heavy atom. The molecule has 162 valence electrons. The van der Waals surface area contributed by atoms with E-state index >= 15 is 0 Å². The van der Waals surface area contributed by atoms with Gasteiger partial charge in [0.05, 0.1) is 17.6 Å². The number of carbonyl (C=O) groups is 1. The standard InChI is InChI=1S/C22H27FN2O4S/c1-14-6-4-9-21(15(14)2)25-30(27,28)18-10-11-20(23)19(13-18)22(26)24-16-7-5-8-17(12-16)29-3/h5,7-8,10-15,21,25H,4,6,9H2,1-3H3,(H,24,26)/t14-,15+,21+/m0/s1. The SMILES string of the molecule is COc1cccc(NC(=O)c2cc(S(=O)(=O)N[C@@H]3CCC[C@H](C)[C@H]3C)ccc2F)c1. The number of carbonyl (C=O) groups excluding carboxylic acids is 1. The number of hydrogen-bond acceptors (Lipinski definition) is 4. The van der Waals surface area contributed by atoms with E-state index in [2.05, 4.69) is 17.0 Å². The van der Waals surface area contributed by atoms with Crippen LogP contribution in [0.5, 0.6) is 5.75 Å². The molecule has 1 fully saturated rings. The number of sulfonamides is 1. The summed E-state index contributed by atoms with van der Waals surface area (Å²) in [6.07, 6.45) is 2.79. The Kier molecular flexibility index (Phi) is 6.77. The molecular formula is C22H27FN2O4S. The second kappa shape index (κ2) is 9.14. The summed E-state index contributed by atoms with van der Waals surface area (Å²) in [6, 6.07) is 9.68. The first kappa shape index (κ1) is 22.2. The van der Waals surface area contributed by atoms with E-state index in [-0.39, 0.29) is 22.4 Å². The van der Waals surface area contributed by atoms with Gasteiger partial charge in [-0.25, -0.2) is 17.5 Å². The van der Waals surface area contributed by atoms with Crippen molar-refractivity contribution in [2.45, 2.75) is 44.0 Å². The summed E-state index contributed by atoms with van der Waals surface area (Å²) in [5, 5.41) is 2.57. The maximum absolute atomic E-state index is 14.3. The second-order valence-corrected chi connectivity index (χ2v) is 9.54. The topological polar surface area (TPSA) is 84.5 Å². The summed E-state index contributed by atoms with van der Waals surface area (Å²) in [6.45, 7) is 4.15. The third-order valence-corrected chi connectivity index (χ3v) is 7.32. The van der Waals surface area contributed by atoms with E-state index in [1.807, 2.05) is 6.92 Å². The summed E-state index contributed by atoms with van der Waals surface area (Å²) in [4.78, 5) is 12.5. The number of amides is 1. The molecule has 1 saturated carbocycles. The zero-order valence-corrected chi connectivity index (χ0v) is 18.1. The number of hydrogen-bond donors (Lipinski definition) is 2. The molecular weight excluding hydrogens is 407 g/mol. The molecule has 30 heavy (non-hydrogen) atoms. The smallest absolute Gasteiger partial charge is 0.258 e. The normalized spacial score (nSPS) is 21.8. The molecule has 1 aliphatic rings. The lowest BCUT2D eigenvalue weighted by molar-refractivity contribution is 0.102. The minimum atomic E-state index is -3.89. The van der Waals surface area contributed by atoms with Crippen molar-refractivity contribution < 1.29 is 22.3 Å². The van der Waals surface area contributed by atoms with E-state index in [1.165, 1.54) is 13.2 Å². The summed E-state index contributed by atoms with van der Waals surface area (Å²) >= 11 is 0. The number of nitrogens with one attached hydrogen (secondary N) is 2. The molecule has 2 N–H and O–H groups in total. The highest BCUT2D eigenvalue weighted by atomic mass is 32.2. The van der Waals surface area contributed by atoms with Gasteiger partial charge in [0, 0.05) is 17.8 Å². The Bertz CT molecular complexity index is 1030. The number of benzene rings is 2. The van der Waals surface area contributed by atoms with Crippen LogP contribution >= 0.6 is 0 Å². The summed E-state index contributed by atoms with van der Waals surface area (Å²) in [7, 11) is -2.39. The minimum Gasteiger partial charge on any atom is -0.497 e. The lowest BCUT2D eigenvalue weighted by atomic mass is 9.78. The molecule has 0 aliphatic heterocycles. The van der Waals surface area contributed by atoms with Crippen LogP contribution in [0.15, 0.2) is 47.4 Å². The van der Waals surface area contributed by atoms with Gasteiger partial charge >= 0.3 is 0 Å². The number of methoxy groups -OCH3 is 1. The molecule has 0 unspecified atom stereocenters. The monoisotopic (exact) mass is 434 g/mol. The fraction of sp³-hybridized carbons (Fsp3) is 0.409.